The van der Waals surface area contributed by atoms with Crippen molar-refractivity contribution < 1.29 is 4.79 Å². The van der Waals surface area contributed by atoms with Crippen LogP contribution in [0.1, 0.15) is 35.6 Å². The second-order valence-electron chi connectivity index (χ2n) is 5.63. The molecule has 2 heterocycles. The number of aryl methyl sites for hydroxylation is 1. The number of hydrogen-bond donors (Lipinski definition) is 0. The van der Waals surface area contributed by atoms with Crippen molar-refractivity contribution in [1.29, 1.82) is 0 Å². The number of carbonyl (C=O) groups excluding carboxylic acids is 1. The van der Waals surface area contributed by atoms with Gasteiger partial charge >= 0.3 is 0 Å². The molecule has 3 rings (SSSR count). The first-order chi connectivity index (χ1) is 10.3. The molecule has 3 heteroatoms. The molecule has 2 aromatic rings. The Morgan fingerprint density at radius 2 is 1.81 bits per heavy atom. The summed E-state index contributed by atoms with van der Waals surface area (Å²) in [6.45, 7) is 3.80. The number of nitrogens with zero attached hydrogens (tertiary/aromatic N) is 2. The van der Waals surface area contributed by atoms with Crippen LogP contribution >= 0.6 is 0 Å². The zero-order valence-electron chi connectivity index (χ0n) is 12.3. The number of aromatic nitrogens is 1. The molecule has 1 aliphatic heterocycles. The van der Waals surface area contributed by atoms with Gasteiger partial charge in [0.15, 0.2) is 0 Å². The van der Waals surface area contributed by atoms with Gasteiger partial charge in [0.05, 0.1) is 5.69 Å². The normalized spacial score (nSPS) is 16.0. The summed E-state index contributed by atoms with van der Waals surface area (Å²) in [5.74, 6) is -0.111. The lowest BCUT2D eigenvalue weighted by molar-refractivity contribution is -0.130. The minimum absolute atomic E-state index is 0.176. The summed E-state index contributed by atoms with van der Waals surface area (Å²) in [5, 5.41) is 0. The van der Waals surface area contributed by atoms with E-state index in [0.717, 1.165) is 37.2 Å². The van der Waals surface area contributed by atoms with E-state index in [-0.39, 0.29) is 11.8 Å². The molecule has 0 saturated carbocycles. The molecule has 1 aromatic carbocycles. The van der Waals surface area contributed by atoms with Crippen LogP contribution in [0.4, 0.5) is 0 Å². The van der Waals surface area contributed by atoms with E-state index in [2.05, 4.69) is 24.0 Å². The number of hydrogen-bond acceptors (Lipinski definition) is 2. The number of benzene rings is 1. The molecule has 0 radical (unpaired) electrons. The minimum atomic E-state index is -0.287. The number of likely N-dealkylation sites (tertiary alicyclic amines) is 1. The van der Waals surface area contributed by atoms with Gasteiger partial charge in [0.2, 0.25) is 5.91 Å². The first kappa shape index (κ1) is 13.8. The van der Waals surface area contributed by atoms with E-state index in [1.807, 2.05) is 35.2 Å². The maximum atomic E-state index is 12.9. The van der Waals surface area contributed by atoms with E-state index in [1.165, 1.54) is 5.56 Å². The molecule has 0 aliphatic carbocycles. The molecular weight excluding hydrogens is 260 g/mol. The first-order valence-corrected chi connectivity index (χ1v) is 7.52. The zero-order valence-corrected chi connectivity index (χ0v) is 12.3. The molecule has 1 saturated heterocycles. The summed E-state index contributed by atoms with van der Waals surface area (Å²) in [6.07, 6.45) is 3.97. The van der Waals surface area contributed by atoms with Gasteiger partial charge in [-0.1, -0.05) is 35.9 Å². The summed E-state index contributed by atoms with van der Waals surface area (Å²) in [4.78, 5) is 19.3. The average molecular weight is 280 g/mol. The van der Waals surface area contributed by atoms with Crippen molar-refractivity contribution in [2.75, 3.05) is 13.1 Å². The fraction of sp³-hybridized carbons (Fsp3) is 0.333. The van der Waals surface area contributed by atoms with Crippen molar-refractivity contribution in [3.63, 3.8) is 0 Å². The van der Waals surface area contributed by atoms with Crippen LogP contribution in [-0.4, -0.2) is 28.9 Å². The van der Waals surface area contributed by atoms with E-state index in [0.29, 0.717) is 0 Å². The SMILES string of the molecule is Cc1ccc(C(C(=O)N2CCCC2)c2ccccn2)cc1. The van der Waals surface area contributed by atoms with Crippen molar-refractivity contribution in [2.24, 2.45) is 0 Å². The van der Waals surface area contributed by atoms with Gasteiger partial charge in [-0.05, 0) is 37.5 Å². The molecule has 1 aliphatic rings. The van der Waals surface area contributed by atoms with E-state index in [9.17, 15) is 4.79 Å². The highest BCUT2D eigenvalue weighted by Crippen LogP contribution is 2.27. The number of amides is 1. The van der Waals surface area contributed by atoms with Crippen molar-refractivity contribution in [1.82, 2.24) is 9.88 Å². The molecule has 21 heavy (non-hydrogen) atoms. The summed E-state index contributed by atoms with van der Waals surface area (Å²) in [5.41, 5.74) is 3.06. The van der Waals surface area contributed by atoms with Crippen LogP contribution in [0, 0.1) is 6.92 Å². The molecule has 108 valence electrons. The van der Waals surface area contributed by atoms with Crippen LogP contribution in [0.5, 0.6) is 0 Å². The van der Waals surface area contributed by atoms with E-state index < -0.39 is 0 Å². The Hall–Kier alpha value is -2.16. The molecule has 1 unspecified atom stereocenters. The lowest BCUT2D eigenvalue weighted by Crippen LogP contribution is -2.33. The maximum Gasteiger partial charge on any atom is 0.236 e. The third-order valence-corrected chi connectivity index (χ3v) is 4.06. The van der Waals surface area contributed by atoms with Gasteiger partial charge in [-0.3, -0.25) is 9.78 Å². The van der Waals surface area contributed by atoms with Crippen molar-refractivity contribution in [2.45, 2.75) is 25.7 Å². The molecular formula is C18H20N2O. The topological polar surface area (TPSA) is 33.2 Å². The van der Waals surface area contributed by atoms with Gasteiger partial charge in [0.25, 0.3) is 0 Å². The van der Waals surface area contributed by atoms with E-state index in [1.54, 1.807) is 6.20 Å². The highest BCUT2D eigenvalue weighted by molar-refractivity contribution is 5.87. The van der Waals surface area contributed by atoms with Crippen LogP contribution in [0.3, 0.4) is 0 Å². The van der Waals surface area contributed by atoms with Gasteiger partial charge in [0, 0.05) is 19.3 Å². The minimum Gasteiger partial charge on any atom is -0.342 e. The van der Waals surface area contributed by atoms with Gasteiger partial charge < -0.3 is 4.90 Å². The Morgan fingerprint density at radius 1 is 1.10 bits per heavy atom. The Bertz CT molecular complexity index is 601. The molecule has 1 fully saturated rings. The van der Waals surface area contributed by atoms with Crippen LogP contribution in [0.25, 0.3) is 0 Å². The van der Waals surface area contributed by atoms with Crippen LogP contribution in [0.2, 0.25) is 0 Å². The summed E-state index contributed by atoms with van der Waals surface area (Å²) in [6, 6.07) is 14.0. The molecule has 0 spiro atoms. The second kappa shape index (κ2) is 6.08. The predicted molar refractivity (Wildman–Crippen MR) is 83.1 cm³/mol. The first-order valence-electron chi connectivity index (χ1n) is 7.52. The highest BCUT2D eigenvalue weighted by atomic mass is 16.2. The van der Waals surface area contributed by atoms with Crippen molar-refractivity contribution >= 4 is 5.91 Å². The largest absolute Gasteiger partial charge is 0.342 e. The monoisotopic (exact) mass is 280 g/mol. The van der Waals surface area contributed by atoms with Crippen molar-refractivity contribution in [3.05, 3.63) is 65.5 Å². The third kappa shape index (κ3) is 2.97. The molecule has 1 amide bonds. The lowest BCUT2D eigenvalue weighted by atomic mass is 9.93. The predicted octanol–water partition coefficient (Wildman–Crippen LogP) is 3.14. The molecule has 0 bridgehead atoms. The average Bonchev–Trinajstić information content (AvgIpc) is 3.05. The standard InChI is InChI=1S/C18H20N2O/c1-14-7-9-15(10-8-14)17(16-6-2-3-11-19-16)18(21)20-12-4-5-13-20/h2-3,6-11,17H,4-5,12-13H2,1H3. The lowest BCUT2D eigenvalue weighted by Gasteiger charge is -2.23. The summed E-state index contributed by atoms with van der Waals surface area (Å²) < 4.78 is 0. The smallest absolute Gasteiger partial charge is 0.236 e. The van der Waals surface area contributed by atoms with Gasteiger partial charge in [-0.25, -0.2) is 0 Å². The van der Waals surface area contributed by atoms with E-state index in [4.69, 9.17) is 0 Å². The van der Waals surface area contributed by atoms with Crippen molar-refractivity contribution in [3.8, 4) is 0 Å². The van der Waals surface area contributed by atoms with Crippen LogP contribution in [-0.2, 0) is 4.79 Å². The Labute approximate surface area is 125 Å². The highest BCUT2D eigenvalue weighted by Gasteiger charge is 2.29. The van der Waals surface area contributed by atoms with Gasteiger partial charge in [0.1, 0.15) is 5.92 Å². The summed E-state index contributed by atoms with van der Waals surface area (Å²) in [7, 11) is 0. The Balaban J connectivity index is 1.98. The quantitative estimate of drug-likeness (QED) is 0.865. The van der Waals surface area contributed by atoms with Gasteiger partial charge in [-0.15, -0.1) is 0 Å². The maximum absolute atomic E-state index is 12.9. The fourth-order valence-electron chi connectivity index (χ4n) is 2.87. The zero-order chi connectivity index (χ0) is 14.7. The van der Waals surface area contributed by atoms with Crippen LogP contribution in [0.15, 0.2) is 48.7 Å². The van der Waals surface area contributed by atoms with E-state index >= 15 is 0 Å². The number of carbonyl (C=O) groups is 1. The van der Waals surface area contributed by atoms with Gasteiger partial charge in [-0.2, -0.15) is 0 Å². The molecule has 0 N–H and O–H groups in total. The molecule has 1 aromatic heterocycles. The van der Waals surface area contributed by atoms with Crippen LogP contribution < -0.4 is 0 Å². The molecule has 3 nitrogen and oxygen atoms in total. The number of rotatable bonds is 3. The molecule has 1 atom stereocenters. The number of pyridine rings is 1. The third-order valence-electron chi connectivity index (χ3n) is 4.06. The summed E-state index contributed by atoms with van der Waals surface area (Å²) >= 11 is 0. The Kier molecular flexibility index (Phi) is 4.00. The Morgan fingerprint density at radius 3 is 2.43 bits per heavy atom. The fourth-order valence-corrected chi connectivity index (χ4v) is 2.87. The second-order valence-corrected chi connectivity index (χ2v) is 5.63.